The van der Waals surface area contributed by atoms with Crippen LogP contribution in [-0.4, -0.2) is 40.9 Å². The number of hydrogen-bond acceptors (Lipinski definition) is 3. The number of carbonyl (C=O) groups excluding carboxylic acids is 2. The van der Waals surface area contributed by atoms with Crippen LogP contribution in [0.4, 0.5) is 0 Å². The molecule has 17 heavy (non-hydrogen) atoms. The predicted molar refractivity (Wildman–Crippen MR) is 66.4 cm³/mol. The van der Waals surface area contributed by atoms with Crippen molar-refractivity contribution < 1.29 is 9.59 Å². The molecule has 0 bridgehead atoms. The van der Waals surface area contributed by atoms with Crippen molar-refractivity contribution in [3.63, 3.8) is 0 Å². The number of amides is 2. The van der Waals surface area contributed by atoms with Gasteiger partial charge in [0, 0.05) is 18.2 Å². The van der Waals surface area contributed by atoms with Crippen LogP contribution in [0.1, 0.15) is 25.7 Å². The van der Waals surface area contributed by atoms with Gasteiger partial charge in [-0.3, -0.25) is 9.59 Å². The molecule has 0 aromatic carbocycles. The largest absolute Gasteiger partial charge is 0.354 e. The van der Waals surface area contributed by atoms with Crippen molar-refractivity contribution in [3.8, 4) is 0 Å². The maximum Gasteiger partial charge on any atom is 0.243 e. The van der Waals surface area contributed by atoms with Gasteiger partial charge in [-0.25, -0.2) is 0 Å². The molecular weight excluding hydrogens is 236 g/mol. The van der Waals surface area contributed by atoms with Gasteiger partial charge in [0.2, 0.25) is 11.8 Å². The van der Waals surface area contributed by atoms with Crippen molar-refractivity contribution in [2.24, 2.45) is 11.8 Å². The molecule has 1 saturated heterocycles. The zero-order chi connectivity index (χ0) is 11.8. The maximum absolute atomic E-state index is 12.0. The second-order valence-electron chi connectivity index (χ2n) is 5.29. The van der Waals surface area contributed by atoms with Crippen molar-refractivity contribution in [1.29, 1.82) is 0 Å². The van der Waals surface area contributed by atoms with Gasteiger partial charge in [-0.05, 0) is 31.6 Å². The normalized spacial score (nSPS) is 28.2. The Morgan fingerprint density at radius 1 is 1.24 bits per heavy atom. The minimum Gasteiger partial charge on any atom is -0.354 e. The Labute approximate surface area is 105 Å². The van der Waals surface area contributed by atoms with E-state index in [1.54, 1.807) is 16.7 Å². The highest BCUT2D eigenvalue weighted by atomic mass is 32.2. The lowest BCUT2D eigenvalue weighted by molar-refractivity contribution is -0.139. The fraction of sp³-hybridized carbons (Fsp3) is 0.833. The lowest BCUT2D eigenvalue weighted by Crippen LogP contribution is -2.48. The smallest absolute Gasteiger partial charge is 0.243 e. The fourth-order valence-corrected chi connectivity index (χ4v) is 3.29. The Balaban J connectivity index is 1.55. The van der Waals surface area contributed by atoms with Crippen LogP contribution in [-0.2, 0) is 9.59 Å². The second kappa shape index (κ2) is 4.52. The standard InChI is InChI=1S/C12H18N2O2S/c15-11(13-5-8-1-2-8)10-6-17-7-14(10)12(16)9-3-4-9/h8-10H,1-7H2,(H,13,15)/t10-/m1/s1. The number of rotatable bonds is 4. The maximum atomic E-state index is 12.0. The van der Waals surface area contributed by atoms with Crippen LogP contribution < -0.4 is 5.32 Å². The average Bonchev–Trinajstić information content (AvgIpc) is 3.22. The van der Waals surface area contributed by atoms with E-state index in [4.69, 9.17) is 0 Å². The molecule has 94 valence electrons. The third-order valence-corrected chi connectivity index (χ3v) is 4.67. The van der Waals surface area contributed by atoms with Crippen molar-refractivity contribution in [2.75, 3.05) is 18.2 Å². The van der Waals surface area contributed by atoms with Gasteiger partial charge in [-0.1, -0.05) is 0 Å². The molecule has 0 unspecified atom stereocenters. The van der Waals surface area contributed by atoms with Crippen LogP contribution in [0.3, 0.4) is 0 Å². The Kier molecular flexibility index (Phi) is 3.03. The van der Waals surface area contributed by atoms with Crippen molar-refractivity contribution in [3.05, 3.63) is 0 Å². The molecular formula is C12H18N2O2S. The molecule has 1 heterocycles. The molecule has 2 amide bonds. The number of carbonyl (C=O) groups is 2. The summed E-state index contributed by atoms with van der Waals surface area (Å²) >= 11 is 1.69. The second-order valence-corrected chi connectivity index (χ2v) is 6.29. The summed E-state index contributed by atoms with van der Waals surface area (Å²) in [6.45, 7) is 0.797. The fourth-order valence-electron chi connectivity index (χ4n) is 2.13. The van der Waals surface area contributed by atoms with Gasteiger partial charge in [-0.15, -0.1) is 11.8 Å². The van der Waals surface area contributed by atoms with Gasteiger partial charge in [0.15, 0.2) is 0 Å². The van der Waals surface area contributed by atoms with Crippen LogP contribution in [0, 0.1) is 11.8 Å². The Bertz CT molecular complexity index is 339. The Morgan fingerprint density at radius 3 is 2.65 bits per heavy atom. The summed E-state index contributed by atoms with van der Waals surface area (Å²) in [5, 5.41) is 2.98. The Morgan fingerprint density at radius 2 is 2.00 bits per heavy atom. The minimum atomic E-state index is -0.216. The molecule has 3 fully saturated rings. The average molecular weight is 254 g/mol. The SMILES string of the molecule is O=C(NCC1CC1)[C@H]1CSCN1C(=O)C1CC1. The first-order chi connectivity index (χ1) is 8.25. The summed E-state index contributed by atoms with van der Waals surface area (Å²) in [6, 6.07) is -0.216. The third-order valence-electron chi connectivity index (χ3n) is 3.66. The molecule has 3 aliphatic rings. The topological polar surface area (TPSA) is 49.4 Å². The number of nitrogens with zero attached hydrogens (tertiary/aromatic N) is 1. The van der Waals surface area contributed by atoms with Gasteiger partial charge in [0.05, 0.1) is 5.88 Å². The molecule has 5 heteroatoms. The first kappa shape index (κ1) is 11.4. The van der Waals surface area contributed by atoms with Crippen LogP contribution in [0.25, 0.3) is 0 Å². The van der Waals surface area contributed by atoms with Crippen LogP contribution in [0.5, 0.6) is 0 Å². The van der Waals surface area contributed by atoms with Crippen LogP contribution in [0.15, 0.2) is 0 Å². The summed E-state index contributed by atoms with van der Waals surface area (Å²) in [5.74, 6) is 2.61. The van der Waals surface area contributed by atoms with E-state index in [1.807, 2.05) is 0 Å². The molecule has 3 rings (SSSR count). The molecule has 0 spiro atoms. The van der Waals surface area contributed by atoms with Gasteiger partial charge >= 0.3 is 0 Å². The van der Waals surface area contributed by atoms with E-state index in [0.29, 0.717) is 11.8 Å². The predicted octanol–water partition coefficient (Wildman–Crippen LogP) is 0.824. The molecule has 4 nitrogen and oxygen atoms in total. The molecule has 0 radical (unpaired) electrons. The molecule has 2 saturated carbocycles. The lowest BCUT2D eigenvalue weighted by Gasteiger charge is -2.23. The van der Waals surface area contributed by atoms with Crippen LogP contribution >= 0.6 is 11.8 Å². The highest BCUT2D eigenvalue weighted by Crippen LogP contribution is 2.34. The van der Waals surface area contributed by atoms with Gasteiger partial charge in [-0.2, -0.15) is 0 Å². The van der Waals surface area contributed by atoms with Crippen molar-refractivity contribution in [2.45, 2.75) is 31.7 Å². The van der Waals surface area contributed by atoms with E-state index < -0.39 is 0 Å². The summed E-state index contributed by atoms with van der Waals surface area (Å²) in [5.41, 5.74) is 0. The summed E-state index contributed by atoms with van der Waals surface area (Å²) in [6.07, 6.45) is 4.50. The molecule has 0 aromatic rings. The van der Waals surface area contributed by atoms with E-state index >= 15 is 0 Å². The third kappa shape index (κ3) is 2.59. The highest BCUT2D eigenvalue weighted by molar-refractivity contribution is 7.99. The van der Waals surface area contributed by atoms with E-state index in [1.165, 1.54) is 12.8 Å². The molecule has 1 N–H and O–H groups in total. The first-order valence-corrected chi connectivity index (χ1v) is 7.57. The highest BCUT2D eigenvalue weighted by Gasteiger charge is 2.41. The van der Waals surface area contributed by atoms with Gasteiger partial charge < -0.3 is 10.2 Å². The molecule has 1 atom stereocenters. The molecule has 0 aromatic heterocycles. The quantitative estimate of drug-likeness (QED) is 0.808. The zero-order valence-electron chi connectivity index (χ0n) is 9.85. The zero-order valence-corrected chi connectivity index (χ0v) is 10.7. The van der Waals surface area contributed by atoms with E-state index in [9.17, 15) is 9.59 Å². The van der Waals surface area contributed by atoms with Crippen molar-refractivity contribution in [1.82, 2.24) is 10.2 Å². The van der Waals surface area contributed by atoms with Gasteiger partial charge in [0.1, 0.15) is 6.04 Å². The van der Waals surface area contributed by atoms with E-state index in [-0.39, 0.29) is 23.8 Å². The minimum absolute atomic E-state index is 0.0518. The van der Waals surface area contributed by atoms with E-state index in [0.717, 1.165) is 25.1 Å². The first-order valence-electron chi connectivity index (χ1n) is 6.41. The Hall–Kier alpha value is -0.710. The summed E-state index contributed by atoms with van der Waals surface area (Å²) in [7, 11) is 0. The van der Waals surface area contributed by atoms with Crippen molar-refractivity contribution >= 4 is 23.6 Å². The van der Waals surface area contributed by atoms with E-state index in [2.05, 4.69) is 5.32 Å². The monoisotopic (exact) mass is 254 g/mol. The lowest BCUT2D eigenvalue weighted by atomic mass is 10.2. The van der Waals surface area contributed by atoms with Crippen LogP contribution in [0.2, 0.25) is 0 Å². The number of thioether (sulfide) groups is 1. The molecule has 1 aliphatic heterocycles. The molecule has 2 aliphatic carbocycles. The summed E-state index contributed by atoms with van der Waals surface area (Å²) < 4.78 is 0. The number of hydrogen-bond donors (Lipinski definition) is 1. The number of nitrogens with one attached hydrogen (secondary N) is 1. The van der Waals surface area contributed by atoms with Gasteiger partial charge in [0.25, 0.3) is 0 Å². The summed E-state index contributed by atoms with van der Waals surface area (Å²) in [4.78, 5) is 25.8.